The molecule has 1 unspecified atom stereocenters. The van der Waals surface area contributed by atoms with E-state index < -0.39 is 0 Å². The molecule has 0 saturated heterocycles. The monoisotopic (exact) mass is 221 g/mol. The molecule has 16 heavy (non-hydrogen) atoms. The van der Waals surface area contributed by atoms with Crippen molar-refractivity contribution in [2.45, 2.75) is 52.5 Å². The number of aromatic amines is 1. The van der Waals surface area contributed by atoms with Crippen LogP contribution in [0.15, 0.2) is 6.20 Å². The number of aryl methyl sites for hydroxylation is 1. The Morgan fingerprint density at radius 3 is 2.81 bits per heavy atom. The van der Waals surface area contributed by atoms with Crippen LogP contribution in [0.2, 0.25) is 0 Å². The summed E-state index contributed by atoms with van der Waals surface area (Å²) in [7, 11) is 0. The standard InChI is InChI=1S/C13H23N3/c1-4-5-13(6-7-13)9-14-10(2)12-8-15-16-11(12)3/h8,10,14H,4-7,9H2,1-3H3,(H,15,16). The molecule has 1 atom stereocenters. The predicted molar refractivity (Wildman–Crippen MR) is 66.3 cm³/mol. The predicted octanol–water partition coefficient (Wildman–Crippen LogP) is 2.95. The number of rotatable bonds is 6. The maximum Gasteiger partial charge on any atom is 0.0537 e. The van der Waals surface area contributed by atoms with Crippen LogP contribution in [0.4, 0.5) is 0 Å². The van der Waals surface area contributed by atoms with Gasteiger partial charge in [-0.2, -0.15) is 5.10 Å². The highest BCUT2D eigenvalue weighted by Crippen LogP contribution is 2.49. The molecule has 0 spiro atoms. The lowest BCUT2D eigenvalue weighted by Crippen LogP contribution is -2.27. The quantitative estimate of drug-likeness (QED) is 0.775. The second kappa shape index (κ2) is 4.58. The smallest absolute Gasteiger partial charge is 0.0537 e. The molecular formula is C13H23N3. The summed E-state index contributed by atoms with van der Waals surface area (Å²) in [6.45, 7) is 7.75. The molecule has 1 saturated carbocycles. The molecule has 1 aromatic heterocycles. The molecule has 1 aliphatic carbocycles. The van der Waals surface area contributed by atoms with Gasteiger partial charge in [-0.3, -0.25) is 5.10 Å². The minimum Gasteiger partial charge on any atom is -0.310 e. The first-order chi connectivity index (χ1) is 7.67. The maximum absolute atomic E-state index is 4.07. The van der Waals surface area contributed by atoms with Gasteiger partial charge in [-0.05, 0) is 38.5 Å². The van der Waals surface area contributed by atoms with E-state index in [-0.39, 0.29) is 0 Å². The van der Waals surface area contributed by atoms with Gasteiger partial charge in [-0.15, -0.1) is 0 Å². The SMILES string of the molecule is CCCC1(CNC(C)c2cn[nH]c2C)CC1. The first-order valence-corrected chi connectivity index (χ1v) is 6.40. The maximum atomic E-state index is 4.07. The van der Waals surface area contributed by atoms with Crippen molar-refractivity contribution in [3.05, 3.63) is 17.5 Å². The van der Waals surface area contributed by atoms with Crippen LogP contribution in [0.3, 0.4) is 0 Å². The number of nitrogens with one attached hydrogen (secondary N) is 2. The number of aromatic nitrogens is 2. The third-order valence-electron chi connectivity index (χ3n) is 3.86. The molecule has 1 aliphatic rings. The molecule has 90 valence electrons. The van der Waals surface area contributed by atoms with E-state index in [1.165, 1.54) is 36.9 Å². The van der Waals surface area contributed by atoms with Crippen molar-refractivity contribution in [3.8, 4) is 0 Å². The second-order valence-corrected chi connectivity index (χ2v) is 5.30. The Morgan fingerprint density at radius 2 is 2.31 bits per heavy atom. The van der Waals surface area contributed by atoms with Crippen molar-refractivity contribution in [2.24, 2.45) is 5.41 Å². The summed E-state index contributed by atoms with van der Waals surface area (Å²) < 4.78 is 0. The lowest BCUT2D eigenvalue weighted by atomic mass is 10.00. The second-order valence-electron chi connectivity index (χ2n) is 5.30. The Kier molecular flexibility index (Phi) is 3.33. The molecular weight excluding hydrogens is 198 g/mol. The summed E-state index contributed by atoms with van der Waals surface area (Å²) >= 11 is 0. The van der Waals surface area contributed by atoms with Crippen molar-refractivity contribution in [3.63, 3.8) is 0 Å². The van der Waals surface area contributed by atoms with Gasteiger partial charge in [0.1, 0.15) is 0 Å². The minimum absolute atomic E-state index is 0.410. The van der Waals surface area contributed by atoms with Gasteiger partial charge in [0.2, 0.25) is 0 Å². The lowest BCUT2D eigenvalue weighted by molar-refractivity contribution is 0.397. The van der Waals surface area contributed by atoms with E-state index in [9.17, 15) is 0 Å². The highest BCUT2D eigenvalue weighted by atomic mass is 15.1. The van der Waals surface area contributed by atoms with Gasteiger partial charge >= 0.3 is 0 Å². The Balaban J connectivity index is 1.84. The van der Waals surface area contributed by atoms with Gasteiger partial charge in [0, 0.05) is 23.8 Å². The third kappa shape index (κ3) is 2.46. The Hall–Kier alpha value is -0.830. The zero-order chi connectivity index (χ0) is 11.6. The van der Waals surface area contributed by atoms with Gasteiger partial charge in [-0.25, -0.2) is 0 Å². The molecule has 3 heteroatoms. The lowest BCUT2D eigenvalue weighted by Gasteiger charge is -2.19. The highest BCUT2D eigenvalue weighted by Gasteiger charge is 2.41. The summed E-state index contributed by atoms with van der Waals surface area (Å²) in [5.74, 6) is 0. The summed E-state index contributed by atoms with van der Waals surface area (Å²) in [6, 6.07) is 0.410. The average Bonchev–Trinajstić information content (AvgIpc) is 2.89. The molecule has 0 amide bonds. The van der Waals surface area contributed by atoms with Crippen molar-refractivity contribution < 1.29 is 0 Å². The van der Waals surface area contributed by atoms with Gasteiger partial charge in [0.05, 0.1) is 6.20 Å². The van der Waals surface area contributed by atoms with Crippen LogP contribution in [0.25, 0.3) is 0 Å². The van der Waals surface area contributed by atoms with Crippen LogP contribution in [-0.2, 0) is 0 Å². The third-order valence-corrected chi connectivity index (χ3v) is 3.86. The van der Waals surface area contributed by atoms with E-state index in [1.54, 1.807) is 0 Å². The van der Waals surface area contributed by atoms with Crippen LogP contribution in [0.5, 0.6) is 0 Å². The normalized spacial score (nSPS) is 19.7. The number of hydrogen-bond donors (Lipinski definition) is 2. The van der Waals surface area contributed by atoms with Crippen LogP contribution >= 0.6 is 0 Å². The molecule has 0 aromatic carbocycles. The molecule has 3 nitrogen and oxygen atoms in total. The molecule has 0 radical (unpaired) electrons. The summed E-state index contributed by atoms with van der Waals surface area (Å²) in [4.78, 5) is 0. The number of nitrogens with zero attached hydrogens (tertiary/aromatic N) is 1. The molecule has 1 heterocycles. The molecule has 2 rings (SSSR count). The zero-order valence-electron chi connectivity index (χ0n) is 10.6. The van der Waals surface area contributed by atoms with E-state index in [4.69, 9.17) is 0 Å². The summed E-state index contributed by atoms with van der Waals surface area (Å²) in [5.41, 5.74) is 3.10. The fourth-order valence-electron chi connectivity index (χ4n) is 2.50. The first kappa shape index (κ1) is 11.6. The van der Waals surface area contributed by atoms with E-state index in [2.05, 4.69) is 36.3 Å². The van der Waals surface area contributed by atoms with Crippen LogP contribution in [0.1, 0.15) is 56.8 Å². The fraction of sp³-hybridized carbons (Fsp3) is 0.769. The zero-order valence-corrected chi connectivity index (χ0v) is 10.6. The average molecular weight is 221 g/mol. The molecule has 0 bridgehead atoms. The number of H-pyrrole nitrogens is 1. The van der Waals surface area contributed by atoms with E-state index in [1.807, 2.05) is 6.20 Å². The molecule has 1 aromatic rings. The molecule has 2 N–H and O–H groups in total. The van der Waals surface area contributed by atoms with Crippen LogP contribution < -0.4 is 5.32 Å². The van der Waals surface area contributed by atoms with Gasteiger partial charge in [0.15, 0.2) is 0 Å². The highest BCUT2D eigenvalue weighted by molar-refractivity contribution is 5.18. The topological polar surface area (TPSA) is 40.7 Å². The van der Waals surface area contributed by atoms with E-state index in [0.29, 0.717) is 11.5 Å². The van der Waals surface area contributed by atoms with E-state index in [0.717, 1.165) is 6.54 Å². The van der Waals surface area contributed by atoms with Gasteiger partial charge in [-0.1, -0.05) is 13.3 Å². The van der Waals surface area contributed by atoms with E-state index >= 15 is 0 Å². The Labute approximate surface area is 98.0 Å². The Morgan fingerprint density at radius 1 is 1.56 bits per heavy atom. The van der Waals surface area contributed by atoms with Gasteiger partial charge < -0.3 is 5.32 Å². The Bertz CT molecular complexity index is 339. The van der Waals surface area contributed by atoms with Crippen molar-refractivity contribution >= 4 is 0 Å². The first-order valence-electron chi connectivity index (χ1n) is 6.40. The van der Waals surface area contributed by atoms with Crippen molar-refractivity contribution in [2.75, 3.05) is 6.54 Å². The van der Waals surface area contributed by atoms with Gasteiger partial charge in [0.25, 0.3) is 0 Å². The molecule has 1 fully saturated rings. The van der Waals surface area contributed by atoms with Crippen molar-refractivity contribution in [1.29, 1.82) is 0 Å². The van der Waals surface area contributed by atoms with Crippen molar-refractivity contribution in [1.82, 2.24) is 15.5 Å². The fourth-order valence-corrected chi connectivity index (χ4v) is 2.50. The summed E-state index contributed by atoms with van der Waals surface area (Å²) in [6.07, 6.45) is 7.43. The number of hydrogen-bond acceptors (Lipinski definition) is 2. The summed E-state index contributed by atoms with van der Waals surface area (Å²) in [5, 5.41) is 10.7. The molecule has 0 aliphatic heterocycles. The minimum atomic E-state index is 0.410. The van der Waals surface area contributed by atoms with Crippen LogP contribution in [-0.4, -0.2) is 16.7 Å². The van der Waals surface area contributed by atoms with Crippen LogP contribution in [0, 0.1) is 12.3 Å². The largest absolute Gasteiger partial charge is 0.310 e.